The average Bonchev–Trinajstić information content (AvgIpc) is 2.79. The molecule has 1 heterocycles. The number of halogens is 2. The summed E-state index contributed by atoms with van der Waals surface area (Å²) in [6, 6.07) is 4.80. The zero-order chi connectivity index (χ0) is 15.5. The minimum absolute atomic E-state index is 0.124. The number of aryl methyl sites for hydroxylation is 1. The van der Waals surface area contributed by atoms with Gasteiger partial charge in [-0.1, -0.05) is 29.3 Å². The molecule has 0 amide bonds. The van der Waals surface area contributed by atoms with Crippen LogP contribution in [0.25, 0.3) is 0 Å². The summed E-state index contributed by atoms with van der Waals surface area (Å²) in [4.78, 5) is 5.31. The molecule has 0 bridgehead atoms. The van der Waals surface area contributed by atoms with Crippen LogP contribution in [-0.4, -0.2) is 19.9 Å². The molecule has 0 aliphatic rings. The van der Waals surface area contributed by atoms with Gasteiger partial charge < -0.3 is 0 Å². The van der Waals surface area contributed by atoms with E-state index in [2.05, 4.69) is 9.71 Å². The van der Waals surface area contributed by atoms with Gasteiger partial charge in [0.2, 0.25) is 10.0 Å². The van der Waals surface area contributed by atoms with Gasteiger partial charge in [-0.3, -0.25) is 0 Å². The van der Waals surface area contributed by atoms with Crippen molar-refractivity contribution in [1.82, 2.24) is 9.71 Å². The number of nitrogens with one attached hydrogen (secondary N) is 1. The number of rotatable bonds is 6. The first kappa shape index (κ1) is 16.7. The Morgan fingerprint density at radius 3 is 2.67 bits per heavy atom. The summed E-state index contributed by atoms with van der Waals surface area (Å²) < 4.78 is 26.5. The van der Waals surface area contributed by atoms with E-state index >= 15 is 0 Å². The molecule has 2 aromatic rings. The fraction of sp³-hybridized carbons (Fsp3) is 0.308. The second kappa shape index (κ2) is 7.07. The molecule has 8 heteroatoms. The molecule has 21 heavy (non-hydrogen) atoms. The number of nitrogens with zero attached hydrogens (tertiary/aromatic N) is 1. The molecule has 0 aliphatic carbocycles. The molecule has 0 fully saturated rings. The predicted molar refractivity (Wildman–Crippen MR) is 87.6 cm³/mol. The van der Waals surface area contributed by atoms with Gasteiger partial charge in [0, 0.05) is 24.0 Å². The van der Waals surface area contributed by atoms with Crippen LogP contribution in [-0.2, 0) is 22.2 Å². The second-order valence-corrected chi connectivity index (χ2v) is 8.46. The van der Waals surface area contributed by atoms with Crippen LogP contribution in [0.5, 0.6) is 0 Å². The topological polar surface area (TPSA) is 59.1 Å². The first-order valence-corrected chi connectivity index (χ1v) is 9.41. The molecular weight excluding hydrogens is 351 g/mol. The van der Waals surface area contributed by atoms with Crippen LogP contribution >= 0.6 is 34.5 Å². The molecule has 0 saturated carbocycles. The maximum atomic E-state index is 12.0. The Labute approximate surface area is 138 Å². The van der Waals surface area contributed by atoms with E-state index in [0.29, 0.717) is 28.6 Å². The number of sulfonamides is 1. The highest BCUT2D eigenvalue weighted by Gasteiger charge is 2.12. The first-order valence-electron chi connectivity index (χ1n) is 6.18. The van der Waals surface area contributed by atoms with Crippen molar-refractivity contribution in [2.24, 2.45) is 0 Å². The summed E-state index contributed by atoms with van der Waals surface area (Å²) in [5, 5.41) is 1.68. The SMILES string of the molecule is Cc1cnc(CCNS(=O)(=O)Cc2ccc(Cl)c(Cl)c2)s1. The third kappa shape index (κ3) is 5.23. The first-order chi connectivity index (χ1) is 9.85. The second-order valence-electron chi connectivity index (χ2n) is 4.52. The maximum absolute atomic E-state index is 12.0. The van der Waals surface area contributed by atoms with Crippen molar-refractivity contribution in [3.8, 4) is 0 Å². The van der Waals surface area contributed by atoms with E-state index in [4.69, 9.17) is 23.2 Å². The van der Waals surface area contributed by atoms with Crippen molar-refractivity contribution in [3.63, 3.8) is 0 Å². The van der Waals surface area contributed by atoms with Gasteiger partial charge in [-0.25, -0.2) is 18.1 Å². The molecule has 0 radical (unpaired) electrons. The van der Waals surface area contributed by atoms with Gasteiger partial charge in [-0.2, -0.15) is 0 Å². The molecule has 1 N–H and O–H groups in total. The van der Waals surface area contributed by atoms with Crippen LogP contribution in [0.15, 0.2) is 24.4 Å². The monoisotopic (exact) mass is 364 g/mol. The highest BCUT2D eigenvalue weighted by molar-refractivity contribution is 7.88. The lowest BCUT2D eigenvalue weighted by atomic mass is 10.2. The fourth-order valence-electron chi connectivity index (χ4n) is 1.73. The molecule has 1 aromatic heterocycles. The number of thiazole rings is 1. The fourth-order valence-corrected chi connectivity index (χ4v) is 3.97. The van der Waals surface area contributed by atoms with Crippen LogP contribution < -0.4 is 4.72 Å². The van der Waals surface area contributed by atoms with Gasteiger partial charge in [0.15, 0.2) is 0 Å². The zero-order valence-electron chi connectivity index (χ0n) is 11.3. The van der Waals surface area contributed by atoms with Crippen molar-refractivity contribution >= 4 is 44.6 Å². The Morgan fingerprint density at radius 1 is 1.29 bits per heavy atom. The Balaban J connectivity index is 1.90. The van der Waals surface area contributed by atoms with E-state index in [-0.39, 0.29) is 5.75 Å². The molecular formula is C13H14Cl2N2O2S2. The quantitative estimate of drug-likeness (QED) is 0.853. The third-order valence-electron chi connectivity index (χ3n) is 2.67. The lowest BCUT2D eigenvalue weighted by Gasteiger charge is -2.07. The van der Waals surface area contributed by atoms with Crippen molar-refractivity contribution in [2.45, 2.75) is 19.1 Å². The summed E-state index contributed by atoms with van der Waals surface area (Å²) in [6.45, 7) is 2.30. The molecule has 2 rings (SSSR count). The summed E-state index contributed by atoms with van der Waals surface area (Å²) in [5.41, 5.74) is 0.599. The van der Waals surface area contributed by atoms with Crippen molar-refractivity contribution < 1.29 is 8.42 Å². The molecule has 1 aromatic carbocycles. The Kier molecular flexibility index (Phi) is 5.62. The van der Waals surface area contributed by atoms with E-state index in [1.54, 1.807) is 35.7 Å². The van der Waals surface area contributed by atoms with Gasteiger partial charge in [-0.15, -0.1) is 11.3 Å². The van der Waals surface area contributed by atoms with Crippen LogP contribution in [0.4, 0.5) is 0 Å². The standard InChI is InChI=1S/C13H14Cl2N2O2S2/c1-9-7-16-13(20-9)4-5-17-21(18,19)8-10-2-3-11(14)12(15)6-10/h2-3,6-7,17H,4-5,8H2,1H3. The summed E-state index contributed by atoms with van der Waals surface area (Å²) in [6.07, 6.45) is 2.36. The van der Waals surface area contributed by atoms with E-state index in [9.17, 15) is 8.42 Å². The van der Waals surface area contributed by atoms with E-state index in [1.165, 1.54) is 0 Å². The number of benzene rings is 1. The highest BCUT2D eigenvalue weighted by atomic mass is 35.5. The molecule has 4 nitrogen and oxygen atoms in total. The smallest absolute Gasteiger partial charge is 0.215 e. The molecule has 0 unspecified atom stereocenters. The summed E-state index contributed by atoms with van der Waals surface area (Å²) >= 11 is 13.2. The zero-order valence-corrected chi connectivity index (χ0v) is 14.4. The van der Waals surface area contributed by atoms with Gasteiger partial charge >= 0.3 is 0 Å². The number of hydrogen-bond acceptors (Lipinski definition) is 4. The normalized spacial score (nSPS) is 11.8. The highest BCUT2D eigenvalue weighted by Crippen LogP contribution is 2.23. The van der Waals surface area contributed by atoms with Crippen LogP contribution in [0.1, 0.15) is 15.4 Å². The summed E-state index contributed by atoms with van der Waals surface area (Å²) in [7, 11) is -3.40. The minimum Gasteiger partial charge on any atom is -0.249 e. The van der Waals surface area contributed by atoms with Gasteiger partial charge in [0.05, 0.1) is 20.8 Å². The summed E-state index contributed by atoms with van der Waals surface area (Å²) in [5.74, 6) is -0.124. The number of hydrogen-bond donors (Lipinski definition) is 1. The van der Waals surface area contributed by atoms with Crippen molar-refractivity contribution in [3.05, 3.63) is 49.9 Å². The minimum atomic E-state index is -3.40. The van der Waals surface area contributed by atoms with Crippen LogP contribution in [0, 0.1) is 6.92 Å². The largest absolute Gasteiger partial charge is 0.249 e. The van der Waals surface area contributed by atoms with Crippen molar-refractivity contribution in [1.29, 1.82) is 0 Å². The molecule has 0 spiro atoms. The molecule has 114 valence electrons. The van der Waals surface area contributed by atoms with E-state index < -0.39 is 10.0 Å². The Bertz CT molecular complexity index is 730. The third-order valence-corrected chi connectivity index (χ3v) is 5.74. The van der Waals surface area contributed by atoms with Gasteiger partial charge in [0.25, 0.3) is 0 Å². The van der Waals surface area contributed by atoms with Gasteiger partial charge in [0.1, 0.15) is 0 Å². The number of aromatic nitrogens is 1. The average molecular weight is 365 g/mol. The lowest BCUT2D eigenvalue weighted by Crippen LogP contribution is -2.27. The van der Waals surface area contributed by atoms with Crippen molar-refractivity contribution in [2.75, 3.05) is 6.54 Å². The van der Waals surface area contributed by atoms with E-state index in [1.807, 2.05) is 6.92 Å². The van der Waals surface area contributed by atoms with Gasteiger partial charge in [-0.05, 0) is 24.6 Å². The predicted octanol–water partition coefficient (Wildman–Crippen LogP) is 3.42. The molecule has 0 aliphatic heterocycles. The Hall–Kier alpha value is -0.660. The lowest BCUT2D eigenvalue weighted by molar-refractivity contribution is 0.580. The molecule has 0 atom stereocenters. The van der Waals surface area contributed by atoms with E-state index in [0.717, 1.165) is 9.88 Å². The maximum Gasteiger partial charge on any atom is 0.215 e. The molecule has 0 saturated heterocycles. The Morgan fingerprint density at radius 2 is 2.05 bits per heavy atom. The van der Waals surface area contributed by atoms with Crippen LogP contribution in [0.3, 0.4) is 0 Å². The van der Waals surface area contributed by atoms with Crippen LogP contribution in [0.2, 0.25) is 10.0 Å².